The average Bonchev–Trinajstić information content (AvgIpc) is 2.94. The molecule has 1 aromatic heterocycles. The van der Waals surface area contributed by atoms with Gasteiger partial charge in [0.25, 0.3) is 0 Å². The molecule has 2 rings (SSSR count). The summed E-state index contributed by atoms with van der Waals surface area (Å²) in [5, 5.41) is 3.18. The Balaban J connectivity index is 2.06. The molecule has 2 unspecified atom stereocenters. The monoisotopic (exact) mass is 264 g/mol. The molecule has 3 N–H and O–H groups in total. The molecule has 0 radical (unpaired) electrons. The number of hydrogen-bond donors (Lipinski definition) is 2. The normalized spacial score (nSPS) is 26.8. The first-order valence-electron chi connectivity index (χ1n) is 6.98. The van der Waals surface area contributed by atoms with Gasteiger partial charge in [0.2, 0.25) is 5.91 Å². The molecular formula is C14H24N4O. The third kappa shape index (κ3) is 2.39. The van der Waals surface area contributed by atoms with Crippen LogP contribution >= 0.6 is 0 Å². The molecule has 1 aliphatic carbocycles. The number of rotatable bonds is 5. The SMILES string of the molecule is CNC1(C(N)=O)CCCC1CCn1cnc(C)c1C. The lowest BCUT2D eigenvalue weighted by atomic mass is 9.84. The van der Waals surface area contributed by atoms with Gasteiger partial charge in [0.05, 0.1) is 12.0 Å². The highest BCUT2D eigenvalue weighted by Crippen LogP contribution is 2.38. The minimum absolute atomic E-state index is 0.212. The highest BCUT2D eigenvalue weighted by atomic mass is 16.1. The standard InChI is InChI=1S/C14H24N4O/c1-10-11(2)18(9-17-10)8-6-12-5-4-7-14(12,16-3)13(15)19/h9,12,16H,4-8H2,1-3H3,(H2,15,19). The van der Waals surface area contributed by atoms with Crippen molar-refractivity contribution in [2.24, 2.45) is 11.7 Å². The van der Waals surface area contributed by atoms with Crippen molar-refractivity contribution in [2.75, 3.05) is 7.05 Å². The molecule has 1 amide bonds. The molecule has 1 fully saturated rings. The molecule has 1 saturated carbocycles. The number of aromatic nitrogens is 2. The van der Waals surface area contributed by atoms with Crippen molar-refractivity contribution in [1.29, 1.82) is 0 Å². The Bertz CT molecular complexity index is 468. The van der Waals surface area contributed by atoms with Gasteiger partial charge >= 0.3 is 0 Å². The van der Waals surface area contributed by atoms with Crippen LogP contribution in [-0.2, 0) is 11.3 Å². The number of aryl methyl sites for hydroxylation is 2. The third-order valence-corrected chi connectivity index (χ3v) is 4.77. The fourth-order valence-corrected chi connectivity index (χ4v) is 3.31. The van der Waals surface area contributed by atoms with Gasteiger partial charge in [0.15, 0.2) is 0 Å². The summed E-state index contributed by atoms with van der Waals surface area (Å²) in [6.45, 7) is 4.99. The number of hydrogen-bond acceptors (Lipinski definition) is 3. The van der Waals surface area contributed by atoms with Gasteiger partial charge < -0.3 is 15.6 Å². The van der Waals surface area contributed by atoms with Crippen LogP contribution in [0.25, 0.3) is 0 Å². The van der Waals surface area contributed by atoms with E-state index in [1.807, 2.05) is 20.3 Å². The summed E-state index contributed by atoms with van der Waals surface area (Å²) in [7, 11) is 1.84. The Morgan fingerprint density at radius 3 is 2.89 bits per heavy atom. The van der Waals surface area contributed by atoms with Crippen molar-refractivity contribution in [2.45, 2.75) is 51.6 Å². The molecule has 1 heterocycles. The zero-order valence-electron chi connectivity index (χ0n) is 12.1. The summed E-state index contributed by atoms with van der Waals surface area (Å²) >= 11 is 0. The van der Waals surface area contributed by atoms with Crippen LogP contribution in [0.4, 0.5) is 0 Å². The van der Waals surface area contributed by atoms with Crippen LogP contribution in [0.2, 0.25) is 0 Å². The largest absolute Gasteiger partial charge is 0.368 e. The maximum absolute atomic E-state index is 11.8. The van der Waals surface area contributed by atoms with Crippen LogP contribution in [0.5, 0.6) is 0 Å². The van der Waals surface area contributed by atoms with Crippen molar-refractivity contribution < 1.29 is 4.79 Å². The van der Waals surface area contributed by atoms with Crippen LogP contribution in [-0.4, -0.2) is 28.0 Å². The second-order valence-electron chi connectivity index (χ2n) is 5.57. The van der Waals surface area contributed by atoms with Gasteiger partial charge in [-0.1, -0.05) is 6.42 Å². The Labute approximate surface area is 114 Å². The Morgan fingerprint density at radius 1 is 1.63 bits per heavy atom. The van der Waals surface area contributed by atoms with E-state index in [1.54, 1.807) is 0 Å². The molecule has 106 valence electrons. The fourth-order valence-electron chi connectivity index (χ4n) is 3.31. The maximum atomic E-state index is 11.8. The first-order chi connectivity index (χ1) is 9.01. The Morgan fingerprint density at radius 2 is 2.37 bits per heavy atom. The highest BCUT2D eigenvalue weighted by molar-refractivity contribution is 5.85. The molecule has 0 saturated heterocycles. The number of amides is 1. The number of likely N-dealkylation sites (N-methyl/N-ethyl adjacent to an activating group) is 1. The molecule has 0 bridgehead atoms. The molecule has 5 nitrogen and oxygen atoms in total. The van der Waals surface area contributed by atoms with E-state index in [2.05, 4.69) is 21.8 Å². The molecule has 0 spiro atoms. The number of imidazole rings is 1. The van der Waals surface area contributed by atoms with Crippen LogP contribution < -0.4 is 11.1 Å². The van der Waals surface area contributed by atoms with Crippen molar-refractivity contribution >= 4 is 5.91 Å². The van der Waals surface area contributed by atoms with E-state index in [0.717, 1.165) is 37.9 Å². The number of nitrogens with one attached hydrogen (secondary N) is 1. The lowest BCUT2D eigenvalue weighted by Gasteiger charge is -2.32. The second-order valence-corrected chi connectivity index (χ2v) is 5.57. The third-order valence-electron chi connectivity index (χ3n) is 4.77. The quantitative estimate of drug-likeness (QED) is 0.837. The minimum Gasteiger partial charge on any atom is -0.368 e. The van der Waals surface area contributed by atoms with E-state index < -0.39 is 5.54 Å². The summed E-state index contributed by atoms with van der Waals surface area (Å²) in [4.78, 5) is 16.1. The van der Waals surface area contributed by atoms with Crippen LogP contribution in [0.1, 0.15) is 37.1 Å². The van der Waals surface area contributed by atoms with Gasteiger partial charge in [0.1, 0.15) is 5.54 Å². The zero-order valence-corrected chi connectivity index (χ0v) is 12.1. The van der Waals surface area contributed by atoms with Crippen molar-refractivity contribution in [1.82, 2.24) is 14.9 Å². The lowest BCUT2D eigenvalue weighted by Crippen LogP contribution is -2.56. The second kappa shape index (κ2) is 5.33. The summed E-state index contributed by atoms with van der Waals surface area (Å²) in [5.41, 5.74) is 7.38. The predicted octanol–water partition coefficient (Wildman–Crippen LogP) is 1.13. The molecule has 1 aromatic rings. The van der Waals surface area contributed by atoms with Gasteiger partial charge in [-0.25, -0.2) is 4.98 Å². The fraction of sp³-hybridized carbons (Fsp3) is 0.714. The van der Waals surface area contributed by atoms with Crippen LogP contribution in [0.3, 0.4) is 0 Å². The lowest BCUT2D eigenvalue weighted by molar-refractivity contribution is -0.125. The van der Waals surface area contributed by atoms with E-state index in [-0.39, 0.29) is 5.91 Å². The van der Waals surface area contributed by atoms with Crippen molar-refractivity contribution in [3.8, 4) is 0 Å². The summed E-state index contributed by atoms with van der Waals surface area (Å²) < 4.78 is 2.16. The maximum Gasteiger partial charge on any atom is 0.238 e. The number of carbonyl (C=O) groups excluding carboxylic acids is 1. The van der Waals surface area contributed by atoms with Gasteiger partial charge in [0, 0.05) is 12.2 Å². The summed E-state index contributed by atoms with van der Waals surface area (Å²) in [6.07, 6.45) is 5.82. The van der Waals surface area contributed by atoms with E-state index in [4.69, 9.17) is 5.73 Å². The highest BCUT2D eigenvalue weighted by Gasteiger charge is 2.46. The smallest absolute Gasteiger partial charge is 0.238 e. The van der Waals surface area contributed by atoms with E-state index in [1.165, 1.54) is 5.69 Å². The molecule has 0 aromatic carbocycles. The zero-order chi connectivity index (χ0) is 14.0. The number of primary amides is 1. The first kappa shape index (κ1) is 14.1. The molecular weight excluding hydrogens is 240 g/mol. The van der Waals surface area contributed by atoms with Crippen LogP contribution in [0, 0.1) is 19.8 Å². The first-order valence-corrected chi connectivity index (χ1v) is 6.98. The molecule has 19 heavy (non-hydrogen) atoms. The van der Waals surface area contributed by atoms with Gasteiger partial charge in [-0.3, -0.25) is 4.79 Å². The van der Waals surface area contributed by atoms with E-state index in [9.17, 15) is 4.79 Å². The Kier molecular flexibility index (Phi) is 3.94. The average molecular weight is 264 g/mol. The number of nitrogens with zero attached hydrogens (tertiary/aromatic N) is 2. The summed E-state index contributed by atoms with van der Waals surface area (Å²) in [5.74, 6) is 0.105. The molecule has 1 aliphatic rings. The van der Waals surface area contributed by atoms with E-state index >= 15 is 0 Å². The number of carbonyl (C=O) groups is 1. The predicted molar refractivity (Wildman–Crippen MR) is 74.6 cm³/mol. The van der Waals surface area contributed by atoms with Gasteiger partial charge in [-0.2, -0.15) is 0 Å². The molecule has 0 aliphatic heterocycles. The minimum atomic E-state index is -0.510. The molecule has 2 atom stereocenters. The molecule has 5 heteroatoms. The number of nitrogens with two attached hydrogens (primary N) is 1. The topological polar surface area (TPSA) is 72.9 Å². The summed E-state index contributed by atoms with van der Waals surface area (Å²) in [6, 6.07) is 0. The van der Waals surface area contributed by atoms with Crippen LogP contribution in [0.15, 0.2) is 6.33 Å². The Hall–Kier alpha value is -1.36. The van der Waals surface area contributed by atoms with Gasteiger partial charge in [-0.15, -0.1) is 0 Å². The van der Waals surface area contributed by atoms with Crippen molar-refractivity contribution in [3.63, 3.8) is 0 Å². The van der Waals surface area contributed by atoms with E-state index in [0.29, 0.717) is 5.92 Å². The van der Waals surface area contributed by atoms with Gasteiger partial charge in [-0.05, 0) is 46.1 Å². The van der Waals surface area contributed by atoms with Crippen molar-refractivity contribution in [3.05, 3.63) is 17.7 Å².